The second-order valence-corrected chi connectivity index (χ2v) is 5.27. The molecule has 0 aromatic carbocycles. The lowest BCUT2D eigenvalue weighted by molar-refractivity contribution is 0.260. The van der Waals surface area contributed by atoms with E-state index in [0.717, 1.165) is 4.31 Å². The highest BCUT2D eigenvalue weighted by atomic mass is 32.2. The lowest BCUT2D eigenvalue weighted by Crippen LogP contribution is -2.35. The minimum Gasteiger partial charge on any atom is -0.395 e. The SMILES string of the molecule is C=CCN(CCO)S(=O)(=O)c1c(N)ncn1C. The predicted octanol–water partition coefficient (Wildman–Crippen LogP) is -0.829. The molecule has 0 bridgehead atoms. The Morgan fingerprint density at radius 1 is 1.71 bits per heavy atom. The molecular weight excluding hydrogens is 244 g/mol. The number of aliphatic hydroxyl groups excluding tert-OH is 1. The van der Waals surface area contributed by atoms with Crippen LogP contribution in [0.25, 0.3) is 0 Å². The summed E-state index contributed by atoms with van der Waals surface area (Å²) in [6, 6.07) is 0. The molecular formula is C9H16N4O3S. The van der Waals surface area contributed by atoms with Crippen LogP contribution >= 0.6 is 0 Å². The Balaban J connectivity index is 3.20. The van der Waals surface area contributed by atoms with Gasteiger partial charge in [-0.1, -0.05) is 6.08 Å². The van der Waals surface area contributed by atoms with Crippen LogP contribution in [0.3, 0.4) is 0 Å². The highest BCUT2D eigenvalue weighted by molar-refractivity contribution is 7.89. The molecule has 1 heterocycles. The molecule has 0 saturated carbocycles. The van der Waals surface area contributed by atoms with E-state index < -0.39 is 10.0 Å². The van der Waals surface area contributed by atoms with E-state index in [9.17, 15) is 8.42 Å². The fraction of sp³-hybridized carbons (Fsp3) is 0.444. The molecule has 1 aromatic heterocycles. The van der Waals surface area contributed by atoms with Crippen LogP contribution in [-0.4, -0.2) is 47.1 Å². The van der Waals surface area contributed by atoms with Crippen LogP contribution < -0.4 is 5.73 Å². The number of aryl methyl sites for hydroxylation is 1. The Morgan fingerprint density at radius 2 is 2.35 bits per heavy atom. The van der Waals surface area contributed by atoms with Crippen molar-refractivity contribution in [1.82, 2.24) is 13.9 Å². The second-order valence-electron chi connectivity index (χ2n) is 3.42. The van der Waals surface area contributed by atoms with Gasteiger partial charge in [0, 0.05) is 20.1 Å². The van der Waals surface area contributed by atoms with Crippen molar-refractivity contribution < 1.29 is 13.5 Å². The molecule has 3 N–H and O–H groups in total. The van der Waals surface area contributed by atoms with Crippen molar-refractivity contribution in [2.24, 2.45) is 7.05 Å². The van der Waals surface area contributed by atoms with Gasteiger partial charge >= 0.3 is 0 Å². The Bertz CT molecular complexity index is 475. The molecule has 1 rings (SSSR count). The van der Waals surface area contributed by atoms with Crippen molar-refractivity contribution in [3.8, 4) is 0 Å². The number of hydrogen-bond acceptors (Lipinski definition) is 5. The fourth-order valence-corrected chi connectivity index (χ4v) is 3.03. The zero-order chi connectivity index (χ0) is 13.1. The maximum atomic E-state index is 12.2. The summed E-state index contributed by atoms with van der Waals surface area (Å²) in [5.74, 6) is -0.0560. The molecule has 0 aliphatic rings. The maximum Gasteiger partial charge on any atom is 0.262 e. The van der Waals surface area contributed by atoms with E-state index >= 15 is 0 Å². The topological polar surface area (TPSA) is 101 Å². The highest BCUT2D eigenvalue weighted by Crippen LogP contribution is 2.20. The summed E-state index contributed by atoms with van der Waals surface area (Å²) in [7, 11) is -2.22. The summed E-state index contributed by atoms with van der Waals surface area (Å²) in [4.78, 5) is 3.73. The molecule has 0 radical (unpaired) electrons. The molecule has 96 valence electrons. The molecule has 0 unspecified atom stereocenters. The number of hydrogen-bond donors (Lipinski definition) is 2. The van der Waals surface area contributed by atoms with E-state index in [-0.39, 0.29) is 30.5 Å². The van der Waals surface area contributed by atoms with E-state index in [1.165, 1.54) is 17.0 Å². The zero-order valence-electron chi connectivity index (χ0n) is 9.57. The number of rotatable bonds is 6. The van der Waals surface area contributed by atoms with Gasteiger partial charge in [-0.15, -0.1) is 6.58 Å². The van der Waals surface area contributed by atoms with Gasteiger partial charge in [0.1, 0.15) is 0 Å². The summed E-state index contributed by atoms with van der Waals surface area (Å²) >= 11 is 0. The third-order valence-corrected chi connectivity index (χ3v) is 4.17. The minimum atomic E-state index is -3.77. The normalized spacial score (nSPS) is 11.9. The van der Waals surface area contributed by atoms with E-state index in [1.807, 2.05) is 0 Å². The Kier molecular flexibility index (Phi) is 4.27. The first kappa shape index (κ1) is 13.7. The van der Waals surface area contributed by atoms with E-state index in [2.05, 4.69) is 11.6 Å². The van der Waals surface area contributed by atoms with Gasteiger partial charge in [0.2, 0.25) is 0 Å². The number of nitrogen functional groups attached to an aromatic ring is 1. The maximum absolute atomic E-state index is 12.2. The fourth-order valence-electron chi connectivity index (χ4n) is 1.44. The third kappa shape index (κ3) is 2.65. The lowest BCUT2D eigenvalue weighted by atomic mass is 10.6. The average molecular weight is 260 g/mol. The number of nitrogens with zero attached hydrogens (tertiary/aromatic N) is 3. The Labute approximate surface area is 100 Å². The summed E-state index contributed by atoms with van der Waals surface area (Å²) in [6.07, 6.45) is 2.77. The van der Waals surface area contributed by atoms with Crippen molar-refractivity contribution in [1.29, 1.82) is 0 Å². The average Bonchev–Trinajstić information content (AvgIpc) is 2.58. The molecule has 0 spiro atoms. The van der Waals surface area contributed by atoms with Gasteiger partial charge in [0.15, 0.2) is 10.8 Å². The van der Waals surface area contributed by atoms with Crippen molar-refractivity contribution in [3.05, 3.63) is 19.0 Å². The quantitative estimate of drug-likeness (QED) is 0.650. The standard InChI is InChI=1S/C9H16N4O3S/c1-3-4-13(5-6-14)17(15,16)9-8(10)11-7-12(9)2/h3,7,14H,1,4-6,10H2,2H3. The van der Waals surface area contributed by atoms with E-state index in [1.54, 1.807) is 7.05 Å². The molecule has 1 aromatic rings. The molecule has 0 amide bonds. The number of anilines is 1. The van der Waals surface area contributed by atoms with Crippen LogP contribution in [0.4, 0.5) is 5.82 Å². The third-order valence-electron chi connectivity index (χ3n) is 2.18. The molecule has 7 nitrogen and oxygen atoms in total. The van der Waals surface area contributed by atoms with Crippen molar-refractivity contribution in [2.75, 3.05) is 25.4 Å². The molecule has 0 atom stereocenters. The van der Waals surface area contributed by atoms with Gasteiger partial charge in [0.05, 0.1) is 12.9 Å². The van der Waals surface area contributed by atoms with Gasteiger partial charge in [0.25, 0.3) is 10.0 Å². The molecule has 0 fully saturated rings. The molecule has 8 heteroatoms. The number of imidazole rings is 1. The second kappa shape index (κ2) is 5.30. The number of sulfonamides is 1. The van der Waals surface area contributed by atoms with Crippen LogP contribution in [0.15, 0.2) is 24.0 Å². The van der Waals surface area contributed by atoms with Gasteiger partial charge in [-0.3, -0.25) is 0 Å². The smallest absolute Gasteiger partial charge is 0.262 e. The first-order valence-electron chi connectivity index (χ1n) is 4.93. The van der Waals surface area contributed by atoms with Gasteiger partial charge < -0.3 is 15.4 Å². The molecule has 17 heavy (non-hydrogen) atoms. The minimum absolute atomic E-state index is 0.0149. The van der Waals surface area contributed by atoms with E-state index in [0.29, 0.717) is 0 Å². The van der Waals surface area contributed by atoms with Gasteiger partial charge in [-0.05, 0) is 0 Å². The number of aliphatic hydroxyl groups is 1. The Morgan fingerprint density at radius 3 is 2.76 bits per heavy atom. The first-order valence-corrected chi connectivity index (χ1v) is 6.37. The highest BCUT2D eigenvalue weighted by Gasteiger charge is 2.28. The lowest BCUT2D eigenvalue weighted by Gasteiger charge is -2.19. The zero-order valence-corrected chi connectivity index (χ0v) is 10.4. The van der Waals surface area contributed by atoms with Gasteiger partial charge in [-0.2, -0.15) is 4.31 Å². The van der Waals surface area contributed by atoms with Crippen LogP contribution in [0.2, 0.25) is 0 Å². The van der Waals surface area contributed by atoms with Crippen molar-refractivity contribution >= 4 is 15.8 Å². The monoisotopic (exact) mass is 260 g/mol. The van der Waals surface area contributed by atoms with Gasteiger partial charge in [-0.25, -0.2) is 13.4 Å². The summed E-state index contributed by atoms with van der Waals surface area (Å²) in [5.41, 5.74) is 5.53. The van der Waals surface area contributed by atoms with Crippen molar-refractivity contribution in [3.63, 3.8) is 0 Å². The first-order chi connectivity index (χ1) is 7.95. The molecule has 0 aliphatic carbocycles. The van der Waals surface area contributed by atoms with Crippen molar-refractivity contribution in [2.45, 2.75) is 5.03 Å². The van der Waals surface area contributed by atoms with Crippen LogP contribution in [0.1, 0.15) is 0 Å². The largest absolute Gasteiger partial charge is 0.395 e. The van der Waals surface area contributed by atoms with Crippen LogP contribution in [-0.2, 0) is 17.1 Å². The summed E-state index contributed by atoms with van der Waals surface area (Å²) in [6.45, 7) is 3.30. The van der Waals surface area contributed by atoms with E-state index in [4.69, 9.17) is 10.8 Å². The number of nitrogens with two attached hydrogens (primary N) is 1. The summed E-state index contributed by atoms with van der Waals surface area (Å²) < 4.78 is 26.9. The molecule has 0 saturated heterocycles. The molecule has 0 aliphatic heterocycles. The van der Waals surface area contributed by atoms with Crippen LogP contribution in [0.5, 0.6) is 0 Å². The summed E-state index contributed by atoms with van der Waals surface area (Å²) in [5, 5.41) is 8.79. The predicted molar refractivity (Wildman–Crippen MR) is 63.7 cm³/mol. The number of aromatic nitrogens is 2. The Hall–Kier alpha value is -1.38. The van der Waals surface area contributed by atoms with Crippen LogP contribution in [0, 0.1) is 0 Å².